The van der Waals surface area contributed by atoms with E-state index < -0.39 is 5.97 Å². The first-order chi connectivity index (χ1) is 15.1. The molecule has 4 rings (SSSR count). The number of carbonyl (C=O) groups is 2. The fourth-order valence-corrected chi connectivity index (χ4v) is 3.28. The molecule has 154 valence electrons. The van der Waals surface area contributed by atoms with E-state index in [2.05, 4.69) is 16.2 Å². The van der Waals surface area contributed by atoms with E-state index >= 15 is 0 Å². The van der Waals surface area contributed by atoms with Crippen molar-refractivity contribution in [3.8, 4) is 17.5 Å². The number of aryl methyl sites for hydroxylation is 2. The van der Waals surface area contributed by atoms with Crippen LogP contribution in [-0.4, -0.2) is 33.1 Å². The van der Waals surface area contributed by atoms with Gasteiger partial charge in [0, 0.05) is 34.8 Å². The standard InChI is InChI=1S/C23H18N4O4/c1-15-25-22(31-26-15)16-7-9-17(10-8-16)23(29)30-14-21(28)19-13-27(12-4-11-24)20-6-3-2-5-18(19)20/h2-3,5-10,13H,4,12,14H2,1H3. The summed E-state index contributed by atoms with van der Waals surface area (Å²) in [5.74, 6) is -0.0283. The van der Waals surface area contributed by atoms with E-state index in [0.29, 0.717) is 41.4 Å². The van der Waals surface area contributed by atoms with E-state index in [4.69, 9.17) is 14.5 Å². The number of nitrogens with zero attached hydrogens (tertiary/aromatic N) is 4. The molecule has 0 N–H and O–H groups in total. The first kappa shape index (κ1) is 20.0. The van der Waals surface area contributed by atoms with Gasteiger partial charge in [0.05, 0.1) is 18.1 Å². The van der Waals surface area contributed by atoms with Crippen molar-refractivity contribution in [3.05, 3.63) is 71.7 Å². The number of nitriles is 1. The summed E-state index contributed by atoms with van der Waals surface area (Å²) in [6, 6.07) is 16.1. The third kappa shape index (κ3) is 4.21. The number of ether oxygens (including phenoxy) is 1. The van der Waals surface area contributed by atoms with Crippen molar-refractivity contribution in [3.63, 3.8) is 0 Å². The molecule has 0 aliphatic carbocycles. The fourth-order valence-electron chi connectivity index (χ4n) is 3.28. The lowest BCUT2D eigenvalue weighted by Gasteiger charge is -2.04. The molecule has 2 aromatic heterocycles. The summed E-state index contributed by atoms with van der Waals surface area (Å²) < 4.78 is 12.2. The number of hydrogen-bond acceptors (Lipinski definition) is 7. The molecule has 0 saturated heterocycles. The van der Waals surface area contributed by atoms with Crippen LogP contribution in [0.15, 0.2) is 59.3 Å². The quantitative estimate of drug-likeness (QED) is 0.332. The number of hydrogen-bond donors (Lipinski definition) is 0. The number of Topliss-reactive ketones (excluding diaryl/α,β-unsaturated/α-hetero) is 1. The van der Waals surface area contributed by atoms with Crippen LogP contribution in [0.5, 0.6) is 0 Å². The molecule has 0 amide bonds. The van der Waals surface area contributed by atoms with Gasteiger partial charge in [-0.15, -0.1) is 0 Å². The predicted molar refractivity (Wildman–Crippen MR) is 111 cm³/mol. The number of rotatable bonds is 7. The molecule has 0 aliphatic heterocycles. The maximum atomic E-state index is 12.7. The van der Waals surface area contributed by atoms with Crippen molar-refractivity contribution < 1.29 is 18.8 Å². The number of para-hydroxylation sites is 1. The Morgan fingerprint density at radius 2 is 1.94 bits per heavy atom. The minimum absolute atomic E-state index is 0.307. The second kappa shape index (κ2) is 8.63. The topological polar surface area (TPSA) is 111 Å². The van der Waals surface area contributed by atoms with Gasteiger partial charge in [0.2, 0.25) is 5.78 Å². The van der Waals surface area contributed by atoms with Crippen LogP contribution < -0.4 is 0 Å². The Kier molecular flexibility index (Phi) is 5.58. The molecule has 0 fully saturated rings. The molecular formula is C23H18N4O4. The number of ketones is 1. The highest BCUT2D eigenvalue weighted by Gasteiger charge is 2.17. The summed E-state index contributed by atoms with van der Waals surface area (Å²) in [6.07, 6.45) is 2.04. The fraction of sp³-hybridized carbons (Fsp3) is 0.174. The lowest BCUT2D eigenvalue weighted by molar-refractivity contribution is 0.0475. The van der Waals surface area contributed by atoms with Gasteiger partial charge in [-0.2, -0.15) is 10.2 Å². The Balaban J connectivity index is 1.45. The van der Waals surface area contributed by atoms with Gasteiger partial charge in [-0.05, 0) is 37.3 Å². The molecule has 0 aliphatic rings. The zero-order valence-corrected chi connectivity index (χ0v) is 16.7. The van der Waals surface area contributed by atoms with Crippen LogP contribution in [0.4, 0.5) is 0 Å². The van der Waals surface area contributed by atoms with Crippen LogP contribution >= 0.6 is 0 Å². The summed E-state index contributed by atoms with van der Waals surface area (Å²) in [6.45, 7) is 1.82. The van der Waals surface area contributed by atoms with Gasteiger partial charge in [0.15, 0.2) is 12.4 Å². The Labute approximate surface area is 177 Å². The van der Waals surface area contributed by atoms with Crippen molar-refractivity contribution in [2.24, 2.45) is 0 Å². The molecule has 8 nitrogen and oxygen atoms in total. The number of carbonyl (C=O) groups excluding carboxylic acids is 2. The van der Waals surface area contributed by atoms with Crippen LogP contribution in [0.1, 0.15) is 33.0 Å². The maximum Gasteiger partial charge on any atom is 0.338 e. The van der Waals surface area contributed by atoms with Crippen molar-refractivity contribution in [1.82, 2.24) is 14.7 Å². The van der Waals surface area contributed by atoms with E-state index in [-0.39, 0.29) is 12.4 Å². The summed E-state index contributed by atoms with van der Waals surface area (Å²) in [4.78, 5) is 29.3. The number of aromatic nitrogens is 3. The third-order valence-electron chi connectivity index (χ3n) is 4.78. The van der Waals surface area contributed by atoms with Crippen LogP contribution in [-0.2, 0) is 11.3 Å². The van der Waals surface area contributed by atoms with E-state index in [9.17, 15) is 9.59 Å². The molecule has 31 heavy (non-hydrogen) atoms. The Bertz CT molecular complexity index is 1300. The number of benzene rings is 2. The van der Waals surface area contributed by atoms with Gasteiger partial charge in [-0.1, -0.05) is 23.4 Å². The minimum atomic E-state index is -0.602. The van der Waals surface area contributed by atoms with Crippen molar-refractivity contribution in [1.29, 1.82) is 5.26 Å². The van der Waals surface area contributed by atoms with E-state index in [1.165, 1.54) is 0 Å². The first-order valence-corrected chi connectivity index (χ1v) is 9.62. The lowest BCUT2D eigenvalue weighted by Crippen LogP contribution is -2.14. The molecule has 4 aromatic rings. The molecule has 0 unspecified atom stereocenters. The monoisotopic (exact) mass is 414 g/mol. The normalized spacial score (nSPS) is 10.7. The van der Waals surface area contributed by atoms with Crippen LogP contribution in [0.25, 0.3) is 22.4 Å². The second-order valence-corrected chi connectivity index (χ2v) is 6.88. The molecule has 2 aromatic carbocycles. The van der Waals surface area contributed by atoms with E-state index in [0.717, 1.165) is 10.9 Å². The molecule has 0 saturated carbocycles. The van der Waals surface area contributed by atoms with Gasteiger partial charge in [0.1, 0.15) is 0 Å². The maximum absolute atomic E-state index is 12.7. The first-order valence-electron chi connectivity index (χ1n) is 9.62. The molecule has 0 bridgehead atoms. The Morgan fingerprint density at radius 1 is 1.16 bits per heavy atom. The van der Waals surface area contributed by atoms with Crippen molar-refractivity contribution >= 4 is 22.7 Å². The highest BCUT2D eigenvalue weighted by atomic mass is 16.5. The van der Waals surface area contributed by atoms with Crippen molar-refractivity contribution in [2.45, 2.75) is 19.9 Å². The predicted octanol–water partition coefficient (Wildman–Crippen LogP) is 3.95. The van der Waals surface area contributed by atoms with Gasteiger partial charge in [-0.25, -0.2) is 4.79 Å². The highest BCUT2D eigenvalue weighted by Crippen LogP contribution is 2.23. The summed E-state index contributed by atoms with van der Waals surface area (Å²) >= 11 is 0. The number of fused-ring (bicyclic) bond motifs is 1. The summed E-state index contributed by atoms with van der Waals surface area (Å²) in [5, 5.41) is 13.4. The van der Waals surface area contributed by atoms with Gasteiger partial charge in [0.25, 0.3) is 5.89 Å². The average Bonchev–Trinajstić information content (AvgIpc) is 3.40. The zero-order valence-electron chi connectivity index (χ0n) is 16.7. The van der Waals surface area contributed by atoms with Gasteiger partial charge in [-0.3, -0.25) is 4.79 Å². The molecule has 2 heterocycles. The van der Waals surface area contributed by atoms with E-state index in [1.54, 1.807) is 37.4 Å². The lowest BCUT2D eigenvalue weighted by atomic mass is 10.1. The summed E-state index contributed by atoms with van der Waals surface area (Å²) in [7, 11) is 0. The van der Waals surface area contributed by atoms with Gasteiger partial charge >= 0.3 is 5.97 Å². The van der Waals surface area contributed by atoms with Gasteiger partial charge < -0.3 is 13.8 Å². The summed E-state index contributed by atoms with van der Waals surface area (Å²) in [5.41, 5.74) is 2.31. The molecule has 8 heteroatoms. The largest absolute Gasteiger partial charge is 0.454 e. The van der Waals surface area contributed by atoms with Crippen LogP contribution in [0.3, 0.4) is 0 Å². The highest BCUT2D eigenvalue weighted by molar-refractivity contribution is 6.09. The molecular weight excluding hydrogens is 396 g/mol. The van der Waals surface area contributed by atoms with Crippen molar-refractivity contribution in [2.75, 3.05) is 6.61 Å². The Hall–Kier alpha value is -4.25. The number of esters is 1. The van der Waals surface area contributed by atoms with Crippen LogP contribution in [0.2, 0.25) is 0 Å². The minimum Gasteiger partial charge on any atom is -0.454 e. The Morgan fingerprint density at radius 3 is 2.65 bits per heavy atom. The van der Waals surface area contributed by atoms with Crippen LogP contribution in [0, 0.1) is 18.3 Å². The molecule has 0 radical (unpaired) electrons. The second-order valence-electron chi connectivity index (χ2n) is 6.88. The third-order valence-corrected chi connectivity index (χ3v) is 4.78. The average molecular weight is 414 g/mol. The molecule has 0 atom stereocenters. The SMILES string of the molecule is Cc1noc(-c2ccc(C(=O)OCC(=O)c3cn(CCC#N)c4ccccc34)cc2)n1. The molecule has 0 spiro atoms. The zero-order chi connectivity index (χ0) is 21.8. The van der Waals surface area contributed by atoms with E-state index in [1.807, 2.05) is 28.8 Å². The smallest absolute Gasteiger partial charge is 0.338 e.